The van der Waals surface area contributed by atoms with Crippen molar-refractivity contribution in [2.75, 3.05) is 0 Å². The first-order chi connectivity index (χ1) is 7.25. The van der Waals surface area contributed by atoms with Gasteiger partial charge in [-0.15, -0.1) is 0 Å². The average molecular weight is 220 g/mol. The molecule has 0 saturated carbocycles. The van der Waals surface area contributed by atoms with Gasteiger partial charge in [0.25, 0.3) is 0 Å². The highest BCUT2D eigenvalue weighted by Crippen LogP contribution is 2.25. The summed E-state index contributed by atoms with van der Waals surface area (Å²) in [5, 5.41) is 1.45. The summed E-state index contributed by atoms with van der Waals surface area (Å²) >= 11 is 6.09. The van der Waals surface area contributed by atoms with Crippen molar-refractivity contribution in [3.8, 4) is 0 Å². The van der Waals surface area contributed by atoms with Gasteiger partial charge in [-0.05, 0) is 36.4 Å². The summed E-state index contributed by atoms with van der Waals surface area (Å²) in [5.41, 5.74) is 1.90. The Morgan fingerprint density at radius 2 is 1.93 bits per heavy atom. The van der Waals surface area contributed by atoms with E-state index in [1.807, 2.05) is 22.7 Å². The normalized spacial score (nSPS) is 11.3. The molecule has 0 spiro atoms. The van der Waals surface area contributed by atoms with Crippen LogP contribution in [0.2, 0.25) is 5.02 Å². The molecule has 15 heavy (non-hydrogen) atoms. The average Bonchev–Trinajstić information content (AvgIpc) is 2.66. The van der Waals surface area contributed by atoms with Crippen molar-refractivity contribution in [1.82, 2.24) is 4.40 Å². The Morgan fingerprint density at radius 1 is 1.07 bits per heavy atom. The summed E-state index contributed by atoms with van der Waals surface area (Å²) in [6, 6.07) is 10.3. The fourth-order valence-corrected chi connectivity index (χ4v) is 2.13. The molecule has 3 heteroatoms. The third kappa shape index (κ3) is 1.22. The first-order valence-corrected chi connectivity index (χ1v) is 4.98. The molecule has 0 saturated heterocycles. The van der Waals surface area contributed by atoms with E-state index in [-0.39, 0.29) is 5.82 Å². The number of benzene rings is 1. The van der Waals surface area contributed by atoms with E-state index in [0.717, 1.165) is 16.4 Å². The second kappa shape index (κ2) is 2.97. The van der Waals surface area contributed by atoms with E-state index in [2.05, 4.69) is 0 Å². The summed E-state index contributed by atoms with van der Waals surface area (Å²) < 4.78 is 15.0. The topological polar surface area (TPSA) is 4.41 Å². The van der Waals surface area contributed by atoms with Crippen molar-refractivity contribution < 1.29 is 4.39 Å². The van der Waals surface area contributed by atoms with Crippen LogP contribution in [0.4, 0.5) is 4.39 Å². The van der Waals surface area contributed by atoms with Crippen LogP contribution >= 0.6 is 11.6 Å². The molecule has 0 unspecified atom stereocenters. The Balaban J connectivity index is 2.60. The Bertz CT molecular complexity index is 657. The second-order valence-corrected chi connectivity index (χ2v) is 3.87. The molecule has 0 aliphatic heterocycles. The highest BCUT2D eigenvalue weighted by molar-refractivity contribution is 6.34. The van der Waals surface area contributed by atoms with Gasteiger partial charge in [0.2, 0.25) is 0 Å². The van der Waals surface area contributed by atoms with Crippen molar-refractivity contribution >= 4 is 28.0 Å². The van der Waals surface area contributed by atoms with Gasteiger partial charge in [-0.1, -0.05) is 11.6 Å². The molecular weight excluding hydrogens is 213 g/mol. The van der Waals surface area contributed by atoms with Gasteiger partial charge in [0.15, 0.2) is 0 Å². The molecule has 0 atom stereocenters. The van der Waals surface area contributed by atoms with Crippen molar-refractivity contribution in [3.05, 3.63) is 53.4 Å². The van der Waals surface area contributed by atoms with E-state index < -0.39 is 0 Å². The van der Waals surface area contributed by atoms with Gasteiger partial charge in [0.1, 0.15) is 5.82 Å². The number of rotatable bonds is 0. The van der Waals surface area contributed by atoms with E-state index in [9.17, 15) is 4.39 Å². The lowest BCUT2D eigenvalue weighted by Crippen LogP contribution is -1.87. The van der Waals surface area contributed by atoms with Gasteiger partial charge >= 0.3 is 0 Å². The van der Waals surface area contributed by atoms with E-state index in [1.54, 1.807) is 12.1 Å². The number of fused-ring (bicyclic) bond motifs is 3. The predicted molar refractivity (Wildman–Crippen MR) is 59.9 cm³/mol. The van der Waals surface area contributed by atoms with Gasteiger partial charge in [0.05, 0.1) is 16.1 Å². The molecule has 0 N–H and O–H groups in total. The van der Waals surface area contributed by atoms with Crippen LogP contribution < -0.4 is 0 Å². The zero-order valence-corrected chi connectivity index (χ0v) is 8.50. The van der Waals surface area contributed by atoms with Crippen molar-refractivity contribution in [2.45, 2.75) is 0 Å². The molecule has 1 nitrogen and oxygen atoms in total. The zero-order chi connectivity index (χ0) is 10.4. The summed E-state index contributed by atoms with van der Waals surface area (Å²) in [7, 11) is 0. The molecule has 74 valence electrons. The molecule has 0 aliphatic carbocycles. The van der Waals surface area contributed by atoms with E-state index in [1.165, 1.54) is 12.1 Å². The number of aromatic nitrogens is 1. The lowest BCUT2D eigenvalue weighted by molar-refractivity contribution is 0.629. The largest absolute Gasteiger partial charge is 0.315 e. The summed E-state index contributed by atoms with van der Waals surface area (Å²) in [4.78, 5) is 0. The Morgan fingerprint density at radius 3 is 2.80 bits per heavy atom. The molecule has 0 bridgehead atoms. The van der Waals surface area contributed by atoms with E-state index in [0.29, 0.717) is 5.02 Å². The smallest absolute Gasteiger partial charge is 0.123 e. The predicted octanol–water partition coefficient (Wildman–Crippen LogP) is 3.89. The van der Waals surface area contributed by atoms with Gasteiger partial charge in [-0.3, -0.25) is 0 Å². The maximum atomic E-state index is 13.0. The third-order valence-corrected chi connectivity index (χ3v) is 2.83. The minimum atomic E-state index is -0.245. The zero-order valence-electron chi connectivity index (χ0n) is 7.74. The van der Waals surface area contributed by atoms with Gasteiger partial charge < -0.3 is 4.40 Å². The molecule has 3 aromatic rings. The van der Waals surface area contributed by atoms with Crippen LogP contribution in [0.5, 0.6) is 0 Å². The molecule has 0 fully saturated rings. The summed E-state index contributed by atoms with van der Waals surface area (Å²) in [6.45, 7) is 0. The van der Waals surface area contributed by atoms with Crippen LogP contribution in [-0.2, 0) is 0 Å². The Kier molecular flexibility index (Phi) is 1.73. The number of halogens is 2. The molecule has 1 aromatic carbocycles. The maximum Gasteiger partial charge on any atom is 0.123 e. The van der Waals surface area contributed by atoms with Crippen LogP contribution in [0.25, 0.3) is 16.4 Å². The third-order valence-electron chi connectivity index (χ3n) is 2.52. The monoisotopic (exact) mass is 219 g/mol. The molecule has 0 amide bonds. The number of hydrogen-bond donors (Lipinski definition) is 0. The molecule has 0 aliphatic rings. The standard InChI is InChI=1S/C12H7ClFN/c13-10-7-8-6-9(14)3-4-11(8)15-5-1-2-12(10)15/h1-7H. The number of hydrogen-bond acceptors (Lipinski definition) is 0. The van der Waals surface area contributed by atoms with E-state index >= 15 is 0 Å². The van der Waals surface area contributed by atoms with Crippen LogP contribution in [0.3, 0.4) is 0 Å². The number of nitrogens with zero attached hydrogens (tertiary/aromatic N) is 1. The fraction of sp³-hybridized carbons (Fsp3) is 0. The number of pyridine rings is 1. The molecule has 3 rings (SSSR count). The lowest BCUT2D eigenvalue weighted by atomic mass is 10.2. The van der Waals surface area contributed by atoms with Crippen molar-refractivity contribution in [2.24, 2.45) is 0 Å². The van der Waals surface area contributed by atoms with E-state index in [4.69, 9.17) is 11.6 Å². The van der Waals surface area contributed by atoms with Gasteiger partial charge in [0, 0.05) is 11.6 Å². The molecule has 2 aromatic heterocycles. The summed E-state index contributed by atoms with van der Waals surface area (Å²) in [5.74, 6) is -0.245. The quantitative estimate of drug-likeness (QED) is 0.541. The second-order valence-electron chi connectivity index (χ2n) is 3.46. The maximum absolute atomic E-state index is 13.0. The fourth-order valence-electron chi connectivity index (χ4n) is 1.86. The highest BCUT2D eigenvalue weighted by atomic mass is 35.5. The summed E-state index contributed by atoms with van der Waals surface area (Å²) in [6.07, 6.45) is 1.92. The first-order valence-electron chi connectivity index (χ1n) is 4.60. The lowest BCUT2D eigenvalue weighted by Gasteiger charge is -2.04. The van der Waals surface area contributed by atoms with Gasteiger partial charge in [-0.2, -0.15) is 0 Å². The highest BCUT2D eigenvalue weighted by Gasteiger charge is 2.04. The van der Waals surface area contributed by atoms with Crippen LogP contribution in [0.15, 0.2) is 42.6 Å². The van der Waals surface area contributed by atoms with Crippen LogP contribution in [0, 0.1) is 5.82 Å². The van der Waals surface area contributed by atoms with Gasteiger partial charge in [-0.25, -0.2) is 4.39 Å². The van der Waals surface area contributed by atoms with Crippen LogP contribution in [0.1, 0.15) is 0 Å². The Hall–Kier alpha value is -1.54. The Labute approximate surface area is 90.7 Å². The first kappa shape index (κ1) is 8.74. The molecule has 2 heterocycles. The van der Waals surface area contributed by atoms with Crippen molar-refractivity contribution in [1.29, 1.82) is 0 Å². The molecular formula is C12H7ClFN. The molecule has 0 radical (unpaired) electrons. The SMILES string of the molecule is Fc1ccc2c(c1)cc(Cl)c1cccn12. The minimum absolute atomic E-state index is 0.245. The van der Waals surface area contributed by atoms with Crippen LogP contribution in [-0.4, -0.2) is 4.40 Å². The van der Waals surface area contributed by atoms with Crippen molar-refractivity contribution in [3.63, 3.8) is 0 Å². The minimum Gasteiger partial charge on any atom is -0.315 e.